The van der Waals surface area contributed by atoms with Crippen LogP contribution in [0.5, 0.6) is 5.75 Å². The topological polar surface area (TPSA) is 47.6 Å². The number of hydrogen-bond donors (Lipinski definition) is 1. The van der Waals surface area contributed by atoms with Gasteiger partial charge < -0.3 is 14.8 Å². The quantitative estimate of drug-likeness (QED) is 0.868. The van der Waals surface area contributed by atoms with E-state index in [0.29, 0.717) is 18.9 Å². The fraction of sp³-hybridized carbons (Fsp3) is 0.562. The lowest BCUT2D eigenvalue weighted by Gasteiger charge is -2.16. The van der Waals surface area contributed by atoms with E-state index in [1.165, 1.54) is 18.2 Å². The summed E-state index contributed by atoms with van der Waals surface area (Å²) in [5.74, 6) is 1.16. The number of rotatable bonds is 4. The molecular weight excluding hydrogens is 290 g/mol. The van der Waals surface area contributed by atoms with Crippen LogP contribution in [0.2, 0.25) is 0 Å². The van der Waals surface area contributed by atoms with Crippen molar-refractivity contribution in [3.63, 3.8) is 0 Å². The molecule has 5 heteroatoms. The van der Waals surface area contributed by atoms with E-state index in [0.717, 1.165) is 5.75 Å². The molecule has 4 nitrogen and oxygen atoms in total. The Hall–Kier alpha value is -1.26. The molecule has 0 radical (unpaired) electrons. The van der Waals surface area contributed by atoms with E-state index in [2.05, 4.69) is 38.2 Å². The minimum Gasteiger partial charge on any atom is -0.489 e. The third kappa shape index (κ3) is 4.35. The highest BCUT2D eigenvalue weighted by Crippen LogP contribution is 2.25. The van der Waals surface area contributed by atoms with E-state index >= 15 is 0 Å². The van der Waals surface area contributed by atoms with Crippen LogP contribution in [0.3, 0.4) is 0 Å². The molecule has 118 valence electrons. The van der Waals surface area contributed by atoms with Gasteiger partial charge in [0.05, 0.1) is 7.11 Å². The molecule has 1 N–H and O–H groups in total. The molecule has 1 aromatic rings. The van der Waals surface area contributed by atoms with Crippen molar-refractivity contribution in [1.29, 1.82) is 0 Å². The average molecular weight is 314 g/mol. The first kappa shape index (κ1) is 17.8. The van der Waals surface area contributed by atoms with E-state index in [1.807, 2.05) is 6.07 Å². The van der Waals surface area contributed by atoms with Gasteiger partial charge in [0.2, 0.25) is 0 Å². The van der Waals surface area contributed by atoms with Gasteiger partial charge in [0.15, 0.2) is 0 Å². The highest BCUT2D eigenvalue weighted by atomic mass is 35.5. The maximum absolute atomic E-state index is 11.4. The first-order chi connectivity index (χ1) is 9.51. The molecule has 0 aliphatic carbocycles. The Bertz CT molecular complexity index is 490. The number of aryl methyl sites for hydroxylation is 1. The molecule has 0 amide bonds. The van der Waals surface area contributed by atoms with Crippen LogP contribution in [0, 0.1) is 6.92 Å². The summed E-state index contributed by atoms with van der Waals surface area (Å²) in [6.45, 7) is 7.15. The zero-order chi connectivity index (χ0) is 14.7. The van der Waals surface area contributed by atoms with Gasteiger partial charge in [-0.2, -0.15) is 0 Å². The van der Waals surface area contributed by atoms with Crippen LogP contribution in [-0.2, 0) is 9.53 Å². The summed E-state index contributed by atoms with van der Waals surface area (Å²) in [6, 6.07) is 5.95. The van der Waals surface area contributed by atoms with E-state index in [1.54, 1.807) is 0 Å². The maximum atomic E-state index is 11.4. The first-order valence-electron chi connectivity index (χ1n) is 7.09. The van der Waals surface area contributed by atoms with Crippen molar-refractivity contribution in [2.75, 3.05) is 13.7 Å². The summed E-state index contributed by atoms with van der Waals surface area (Å²) < 4.78 is 10.7. The lowest BCUT2D eigenvalue weighted by atomic mass is 9.98. The SMILES string of the molecule is COC(=O)[C@@H]1C[C@H](Oc2ccc(C(C)C)c(C)c2)CN1.Cl. The molecule has 2 atom stereocenters. The third-order valence-electron chi connectivity index (χ3n) is 3.74. The molecule has 0 unspecified atom stereocenters. The molecule has 0 bridgehead atoms. The van der Waals surface area contributed by atoms with Gasteiger partial charge in [0, 0.05) is 13.0 Å². The van der Waals surface area contributed by atoms with Crippen molar-refractivity contribution in [1.82, 2.24) is 5.32 Å². The molecule has 0 saturated carbocycles. The van der Waals surface area contributed by atoms with Gasteiger partial charge in [-0.15, -0.1) is 12.4 Å². The van der Waals surface area contributed by atoms with Crippen LogP contribution < -0.4 is 10.1 Å². The van der Waals surface area contributed by atoms with Crippen LogP contribution >= 0.6 is 12.4 Å². The molecule has 2 rings (SSSR count). The Kier molecular flexibility index (Phi) is 6.49. The number of halogens is 1. The van der Waals surface area contributed by atoms with E-state index in [9.17, 15) is 4.79 Å². The van der Waals surface area contributed by atoms with E-state index in [-0.39, 0.29) is 30.5 Å². The second kappa shape index (κ2) is 7.66. The van der Waals surface area contributed by atoms with Crippen LogP contribution in [0.15, 0.2) is 18.2 Å². The van der Waals surface area contributed by atoms with Gasteiger partial charge >= 0.3 is 5.97 Å². The van der Waals surface area contributed by atoms with Gasteiger partial charge in [-0.25, -0.2) is 0 Å². The third-order valence-corrected chi connectivity index (χ3v) is 3.74. The molecule has 1 heterocycles. The van der Waals surface area contributed by atoms with Gasteiger partial charge in [-0.1, -0.05) is 19.9 Å². The van der Waals surface area contributed by atoms with Crippen LogP contribution in [0.1, 0.15) is 37.3 Å². The summed E-state index contributed by atoms with van der Waals surface area (Å²) in [6.07, 6.45) is 0.667. The lowest BCUT2D eigenvalue weighted by Crippen LogP contribution is -2.31. The molecule has 1 aliphatic heterocycles. The lowest BCUT2D eigenvalue weighted by molar-refractivity contribution is -0.142. The number of esters is 1. The molecule has 0 aromatic heterocycles. The van der Waals surface area contributed by atoms with Gasteiger partial charge in [-0.3, -0.25) is 4.79 Å². The van der Waals surface area contributed by atoms with Crippen molar-refractivity contribution in [2.45, 2.75) is 45.3 Å². The fourth-order valence-corrected chi connectivity index (χ4v) is 2.68. The molecule has 1 aromatic carbocycles. The Morgan fingerprint density at radius 2 is 2.10 bits per heavy atom. The number of nitrogens with one attached hydrogen (secondary N) is 1. The standard InChI is InChI=1S/C16H23NO3.ClH/c1-10(2)14-6-5-12(7-11(14)3)20-13-8-15(17-9-13)16(18)19-4;/h5-7,10,13,15,17H,8-9H2,1-4H3;1H/t13-,15-;/m0./s1. The van der Waals surface area contributed by atoms with Crippen molar-refractivity contribution in [3.8, 4) is 5.75 Å². The van der Waals surface area contributed by atoms with Crippen molar-refractivity contribution in [2.24, 2.45) is 0 Å². The molecule has 21 heavy (non-hydrogen) atoms. The number of ether oxygens (including phenoxy) is 2. The first-order valence-corrected chi connectivity index (χ1v) is 7.09. The number of carbonyl (C=O) groups excluding carboxylic acids is 1. The van der Waals surface area contributed by atoms with Gasteiger partial charge in [0.25, 0.3) is 0 Å². The fourth-order valence-electron chi connectivity index (χ4n) is 2.68. The summed E-state index contributed by atoms with van der Waals surface area (Å²) in [5, 5.41) is 3.12. The zero-order valence-corrected chi connectivity index (χ0v) is 13.8. The average Bonchev–Trinajstić information content (AvgIpc) is 2.86. The van der Waals surface area contributed by atoms with E-state index < -0.39 is 0 Å². The monoisotopic (exact) mass is 313 g/mol. The van der Waals surface area contributed by atoms with Crippen molar-refractivity contribution >= 4 is 18.4 Å². The van der Waals surface area contributed by atoms with Gasteiger partial charge in [0.1, 0.15) is 17.9 Å². The molecule has 1 saturated heterocycles. The molecule has 0 spiro atoms. The molecule has 1 fully saturated rings. The predicted molar refractivity (Wildman–Crippen MR) is 85.4 cm³/mol. The largest absolute Gasteiger partial charge is 0.489 e. The Morgan fingerprint density at radius 3 is 2.67 bits per heavy atom. The Labute approximate surface area is 132 Å². The maximum Gasteiger partial charge on any atom is 0.323 e. The molecular formula is C16H24ClNO3. The highest BCUT2D eigenvalue weighted by Gasteiger charge is 2.31. The number of benzene rings is 1. The molecule has 1 aliphatic rings. The number of carbonyl (C=O) groups is 1. The predicted octanol–water partition coefficient (Wildman–Crippen LogP) is 2.82. The minimum absolute atomic E-state index is 0. The number of methoxy groups -OCH3 is 1. The number of hydrogen-bond acceptors (Lipinski definition) is 4. The summed E-state index contributed by atoms with van der Waals surface area (Å²) in [5.41, 5.74) is 2.59. The van der Waals surface area contributed by atoms with Gasteiger partial charge in [-0.05, 0) is 36.1 Å². The summed E-state index contributed by atoms with van der Waals surface area (Å²) in [7, 11) is 1.41. The second-order valence-electron chi connectivity index (χ2n) is 5.63. The highest BCUT2D eigenvalue weighted by molar-refractivity contribution is 5.85. The van der Waals surface area contributed by atoms with Crippen molar-refractivity contribution < 1.29 is 14.3 Å². The summed E-state index contributed by atoms with van der Waals surface area (Å²) in [4.78, 5) is 11.4. The zero-order valence-electron chi connectivity index (χ0n) is 13.0. The minimum atomic E-state index is -0.249. The van der Waals surface area contributed by atoms with Crippen LogP contribution in [0.25, 0.3) is 0 Å². The Morgan fingerprint density at radius 1 is 1.38 bits per heavy atom. The smallest absolute Gasteiger partial charge is 0.323 e. The normalized spacial score (nSPS) is 21.0. The van der Waals surface area contributed by atoms with Crippen molar-refractivity contribution in [3.05, 3.63) is 29.3 Å². The van der Waals surface area contributed by atoms with Crippen LogP contribution in [-0.4, -0.2) is 31.8 Å². The summed E-state index contributed by atoms with van der Waals surface area (Å²) >= 11 is 0. The van der Waals surface area contributed by atoms with Crippen LogP contribution in [0.4, 0.5) is 0 Å². The second-order valence-corrected chi connectivity index (χ2v) is 5.63. The van der Waals surface area contributed by atoms with E-state index in [4.69, 9.17) is 9.47 Å². The Balaban J connectivity index is 0.00000220.